The Bertz CT molecular complexity index is 1620. The Hall–Kier alpha value is -4.15. The molecule has 0 spiro atoms. The number of rotatable bonds is 8. The summed E-state index contributed by atoms with van der Waals surface area (Å²) in [4.78, 5) is 23.2. The first-order valence-corrected chi connectivity index (χ1v) is 15.3. The lowest BCUT2D eigenvalue weighted by Crippen LogP contribution is -2.48. The van der Waals surface area contributed by atoms with E-state index in [-0.39, 0.29) is 11.5 Å². The van der Waals surface area contributed by atoms with Gasteiger partial charge in [0.15, 0.2) is 5.69 Å². The first-order chi connectivity index (χ1) is 20.7. The molecule has 1 saturated heterocycles. The predicted octanol–water partition coefficient (Wildman–Crippen LogP) is 8.15. The van der Waals surface area contributed by atoms with Crippen LogP contribution in [0.4, 0.5) is 10.5 Å². The summed E-state index contributed by atoms with van der Waals surface area (Å²) in [7, 11) is 0. The normalized spacial score (nSPS) is 16.7. The molecule has 2 fully saturated rings. The quantitative estimate of drug-likeness (QED) is 0.199. The van der Waals surface area contributed by atoms with E-state index < -0.39 is 5.60 Å². The highest BCUT2D eigenvalue weighted by Crippen LogP contribution is 2.37. The molecule has 6 rings (SSSR count). The van der Waals surface area contributed by atoms with Crippen LogP contribution in [-0.2, 0) is 28.0 Å². The van der Waals surface area contributed by atoms with E-state index in [0.29, 0.717) is 37.9 Å². The van der Waals surface area contributed by atoms with E-state index in [4.69, 9.17) is 21.0 Å². The van der Waals surface area contributed by atoms with Gasteiger partial charge in [-0.1, -0.05) is 60.7 Å². The van der Waals surface area contributed by atoms with Crippen LogP contribution in [0.25, 0.3) is 27.0 Å². The second-order valence-corrected chi connectivity index (χ2v) is 13.1. The molecular weight excluding hydrogens is 536 g/mol. The number of carbonyl (C=O) groups excluding carboxylic acids is 1. The van der Waals surface area contributed by atoms with Crippen molar-refractivity contribution in [2.75, 3.05) is 19.7 Å². The molecule has 7 nitrogen and oxygen atoms in total. The van der Waals surface area contributed by atoms with Gasteiger partial charge in [-0.2, -0.15) is 0 Å². The number of likely N-dealkylation sites (tertiary alicyclic amines) is 1. The molecule has 2 aliphatic rings. The van der Waals surface area contributed by atoms with Gasteiger partial charge in [0, 0.05) is 25.0 Å². The van der Waals surface area contributed by atoms with Crippen molar-refractivity contribution in [3.63, 3.8) is 0 Å². The van der Waals surface area contributed by atoms with Gasteiger partial charge in [-0.15, -0.1) is 0 Å². The number of hydrogen-bond acceptors (Lipinski definition) is 4. The molecule has 0 N–H and O–H groups in total. The van der Waals surface area contributed by atoms with Gasteiger partial charge in [-0.3, -0.25) is 0 Å². The highest BCUT2D eigenvalue weighted by molar-refractivity contribution is 5.83. The second-order valence-electron chi connectivity index (χ2n) is 13.1. The minimum atomic E-state index is -0.510. The Kier molecular flexibility index (Phi) is 7.98. The van der Waals surface area contributed by atoms with E-state index in [0.717, 1.165) is 47.4 Å². The van der Waals surface area contributed by atoms with Crippen molar-refractivity contribution in [2.24, 2.45) is 5.92 Å². The smallest absolute Gasteiger partial charge is 0.410 e. The molecule has 0 unspecified atom stereocenters. The van der Waals surface area contributed by atoms with Crippen LogP contribution >= 0.6 is 0 Å². The summed E-state index contributed by atoms with van der Waals surface area (Å²) in [6.07, 6.45) is 3.90. The summed E-state index contributed by atoms with van der Waals surface area (Å²) in [6, 6.07) is 24.7. The average molecular weight is 577 g/mol. The molecule has 222 valence electrons. The molecule has 1 amide bonds. The molecule has 1 aliphatic carbocycles. The number of imidazole rings is 1. The van der Waals surface area contributed by atoms with Crippen molar-refractivity contribution < 1.29 is 14.3 Å². The Morgan fingerprint density at radius 2 is 1.70 bits per heavy atom. The van der Waals surface area contributed by atoms with Gasteiger partial charge in [0.25, 0.3) is 0 Å². The maximum Gasteiger partial charge on any atom is 0.410 e. The highest BCUT2D eigenvalue weighted by Gasteiger charge is 2.39. The summed E-state index contributed by atoms with van der Waals surface area (Å²) in [5.74, 6) is 1.65. The van der Waals surface area contributed by atoms with E-state index in [1.54, 1.807) is 0 Å². The number of ether oxygens (including phenoxy) is 2. The number of piperidine rings is 1. The number of nitrogens with zero attached hydrogens (tertiary/aromatic N) is 4. The van der Waals surface area contributed by atoms with Crippen LogP contribution in [-0.4, -0.2) is 45.8 Å². The molecule has 1 aromatic heterocycles. The zero-order valence-corrected chi connectivity index (χ0v) is 25.4. The molecule has 4 aromatic rings. The van der Waals surface area contributed by atoms with Crippen LogP contribution < -0.4 is 0 Å². The topological polar surface area (TPSA) is 60.9 Å². The number of hydrogen-bond donors (Lipinski definition) is 0. The van der Waals surface area contributed by atoms with E-state index >= 15 is 0 Å². The van der Waals surface area contributed by atoms with Crippen molar-refractivity contribution in [2.45, 2.75) is 70.6 Å². The second kappa shape index (κ2) is 11.9. The Balaban J connectivity index is 1.21. The molecule has 2 heterocycles. The number of fused-ring (bicyclic) bond motifs is 1. The SMILES string of the molecule is [C-]#[N+]c1ccc(-c2ccc3c(c2)nc(COCC2(c4ccccc4)CCN(C(=O)OC(C)(C)C)CC2)n3CC2CC2)cc1. The zero-order chi connectivity index (χ0) is 30.0. The van der Waals surface area contributed by atoms with Gasteiger partial charge in [0.05, 0.1) is 24.2 Å². The summed E-state index contributed by atoms with van der Waals surface area (Å²) >= 11 is 0. The Morgan fingerprint density at radius 3 is 2.35 bits per heavy atom. The molecule has 0 atom stereocenters. The number of amides is 1. The largest absolute Gasteiger partial charge is 0.444 e. The fraction of sp³-hybridized carbons (Fsp3) is 0.417. The lowest BCUT2D eigenvalue weighted by molar-refractivity contribution is 0.00242. The Labute approximate surface area is 254 Å². The van der Waals surface area contributed by atoms with Crippen molar-refractivity contribution in [3.8, 4) is 11.1 Å². The number of benzene rings is 3. The molecule has 0 radical (unpaired) electrons. The zero-order valence-electron chi connectivity index (χ0n) is 25.4. The van der Waals surface area contributed by atoms with E-state index in [1.807, 2.05) is 56.0 Å². The predicted molar refractivity (Wildman–Crippen MR) is 169 cm³/mol. The average Bonchev–Trinajstić information content (AvgIpc) is 3.77. The highest BCUT2D eigenvalue weighted by atomic mass is 16.6. The van der Waals surface area contributed by atoms with Gasteiger partial charge in [-0.25, -0.2) is 14.6 Å². The van der Waals surface area contributed by atoms with E-state index in [2.05, 4.69) is 51.9 Å². The number of aromatic nitrogens is 2. The fourth-order valence-electron chi connectivity index (χ4n) is 6.05. The molecule has 7 heteroatoms. The maximum absolute atomic E-state index is 12.8. The lowest BCUT2D eigenvalue weighted by atomic mass is 9.73. The van der Waals surface area contributed by atoms with Gasteiger partial charge < -0.3 is 18.9 Å². The van der Waals surface area contributed by atoms with Gasteiger partial charge in [-0.05, 0) is 81.2 Å². The van der Waals surface area contributed by atoms with Crippen LogP contribution in [0.1, 0.15) is 57.8 Å². The third kappa shape index (κ3) is 6.60. The lowest BCUT2D eigenvalue weighted by Gasteiger charge is -2.42. The molecule has 1 saturated carbocycles. The number of carbonyl (C=O) groups is 1. The van der Waals surface area contributed by atoms with Crippen LogP contribution in [0.2, 0.25) is 0 Å². The van der Waals surface area contributed by atoms with Crippen molar-refractivity contribution >= 4 is 22.8 Å². The van der Waals surface area contributed by atoms with E-state index in [1.165, 1.54) is 18.4 Å². The fourth-order valence-corrected chi connectivity index (χ4v) is 6.05. The van der Waals surface area contributed by atoms with Crippen LogP contribution in [0.5, 0.6) is 0 Å². The van der Waals surface area contributed by atoms with Crippen molar-refractivity contribution in [3.05, 3.63) is 95.6 Å². The summed E-state index contributed by atoms with van der Waals surface area (Å²) in [6.45, 7) is 16.2. The van der Waals surface area contributed by atoms with Gasteiger partial charge >= 0.3 is 6.09 Å². The monoisotopic (exact) mass is 576 g/mol. The van der Waals surface area contributed by atoms with Crippen LogP contribution in [0.3, 0.4) is 0 Å². The minimum Gasteiger partial charge on any atom is -0.444 e. The van der Waals surface area contributed by atoms with Crippen LogP contribution in [0.15, 0.2) is 72.8 Å². The summed E-state index contributed by atoms with van der Waals surface area (Å²) < 4.78 is 14.6. The van der Waals surface area contributed by atoms with Crippen LogP contribution in [0, 0.1) is 12.5 Å². The minimum absolute atomic E-state index is 0.183. The summed E-state index contributed by atoms with van der Waals surface area (Å²) in [5, 5.41) is 0. The third-order valence-corrected chi connectivity index (χ3v) is 8.66. The molecule has 0 bridgehead atoms. The summed E-state index contributed by atoms with van der Waals surface area (Å²) in [5.41, 5.74) is 5.46. The first-order valence-electron chi connectivity index (χ1n) is 15.3. The van der Waals surface area contributed by atoms with Crippen molar-refractivity contribution in [1.82, 2.24) is 14.5 Å². The standard InChI is InChI=1S/C36H40N4O3/c1-35(2,3)43-34(41)39-20-18-36(19-21-39,29-8-6-5-7-9-29)25-42-24-33-38-31-22-28(27-12-15-30(37-4)16-13-27)14-17-32(31)40(33)23-26-10-11-26/h5-9,12-17,22,26H,10-11,18-21,23-25H2,1-3H3. The van der Waals surface area contributed by atoms with Gasteiger partial charge in [0.2, 0.25) is 0 Å². The molecule has 1 aliphatic heterocycles. The maximum atomic E-state index is 12.8. The van der Waals surface area contributed by atoms with Crippen molar-refractivity contribution in [1.29, 1.82) is 0 Å². The molecule has 43 heavy (non-hydrogen) atoms. The Morgan fingerprint density at radius 1 is 1.00 bits per heavy atom. The first kappa shape index (κ1) is 28.9. The molecular formula is C36H40N4O3. The molecule has 3 aromatic carbocycles. The van der Waals surface area contributed by atoms with Gasteiger partial charge in [0.1, 0.15) is 18.0 Å². The third-order valence-electron chi connectivity index (χ3n) is 8.66. The van der Waals surface area contributed by atoms with E-state index in [9.17, 15) is 4.79 Å².